The number of hydrogen-bond acceptors (Lipinski definition) is 7. The summed E-state index contributed by atoms with van der Waals surface area (Å²) in [5.74, 6) is -0.512. The smallest absolute Gasteiger partial charge is 0.326 e. The van der Waals surface area contributed by atoms with Crippen molar-refractivity contribution in [2.24, 2.45) is 0 Å². The van der Waals surface area contributed by atoms with Gasteiger partial charge in [-0.1, -0.05) is 24.3 Å². The van der Waals surface area contributed by atoms with E-state index in [-0.39, 0.29) is 17.6 Å². The van der Waals surface area contributed by atoms with Crippen LogP contribution >= 0.6 is 34.4 Å². The van der Waals surface area contributed by atoms with E-state index in [9.17, 15) is 19.6 Å². The highest BCUT2D eigenvalue weighted by Crippen LogP contribution is 2.33. The second kappa shape index (κ2) is 10.7. The minimum atomic E-state index is -0.627. The molecular formula is C23H19IN2O5S. The first-order valence-electron chi connectivity index (χ1n) is 9.63. The van der Waals surface area contributed by atoms with Crippen molar-refractivity contribution in [3.05, 3.63) is 67.6 Å². The zero-order valence-corrected chi connectivity index (χ0v) is 20.3. The van der Waals surface area contributed by atoms with Gasteiger partial charge >= 0.3 is 5.97 Å². The summed E-state index contributed by atoms with van der Waals surface area (Å²) >= 11 is 2.91. The Morgan fingerprint density at radius 2 is 2.00 bits per heavy atom. The number of esters is 1. The van der Waals surface area contributed by atoms with Gasteiger partial charge in [0.05, 0.1) is 26.2 Å². The first-order chi connectivity index (χ1) is 15.3. The largest absolute Gasteiger partial charge is 0.488 e. The number of rotatable bonds is 7. The Bertz CT molecular complexity index is 1140. The third-order valence-corrected chi connectivity index (χ3v) is 6.05. The summed E-state index contributed by atoms with van der Waals surface area (Å²) in [7, 11) is 0. The van der Waals surface area contributed by atoms with Crippen LogP contribution in [0, 0.1) is 14.9 Å². The van der Waals surface area contributed by atoms with Crippen molar-refractivity contribution in [3.63, 3.8) is 0 Å². The highest BCUT2D eigenvalue weighted by atomic mass is 127. The number of imide groups is 1. The first kappa shape index (κ1) is 23.8. The van der Waals surface area contributed by atoms with Crippen LogP contribution in [0.1, 0.15) is 30.5 Å². The SMILES string of the molecule is CC(C)OC(=O)CN1C(=O)S/C(=C/c2ccc(OCc3ccccc3C#N)c(I)c2)C1=O. The number of thioether (sulfide) groups is 1. The second-order valence-electron chi connectivity index (χ2n) is 7.05. The van der Waals surface area contributed by atoms with Crippen molar-refractivity contribution < 1.29 is 23.9 Å². The maximum absolute atomic E-state index is 12.6. The van der Waals surface area contributed by atoms with Gasteiger partial charge in [0.2, 0.25) is 0 Å². The molecule has 0 aromatic heterocycles. The van der Waals surface area contributed by atoms with E-state index in [0.29, 0.717) is 11.3 Å². The molecule has 1 aliphatic rings. The van der Waals surface area contributed by atoms with Gasteiger partial charge in [-0.25, -0.2) is 0 Å². The third kappa shape index (κ3) is 5.89. The molecule has 164 valence electrons. The molecule has 0 radical (unpaired) electrons. The van der Waals surface area contributed by atoms with Gasteiger partial charge in [-0.2, -0.15) is 5.26 Å². The average Bonchev–Trinajstić information content (AvgIpc) is 3.00. The molecule has 2 aromatic carbocycles. The summed E-state index contributed by atoms with van der Waals surface area (Å²) in [5, 5.41) is 8.68. The van der Waals surface area contributed by atoms with Crippen molar-refractivity contribution in [1.82, 2.24) is 4.90 Å². The summed E-state index contributed by atoms with van der Waals surface area (Å²) in [5.41, 5.74) is 2.07. The maximum Gasteiger partial charge on any atom is 0.326 e. The summed E-state index contributed by atoms with van der Waals surface area (Å²) in [6, 6.07) is 14.7. The van der Waals surface area contributed by atoms with Gasteiger partial charge in [0.1, 0.15) is 18.9 Å². The number of nitrogens with zero attached hydrogens (tertiary/aromatic N) is 2. The monoisotopic (exact) mass is 562 g/mol. The number of halogens is 1. The fourth-order valence-electron chi connectivity index (χ4n) is 2.85. The molecule has 2 aromatic rings. The Hall–Kier alpha value is -2.84. The molecule has 1 fully saturated rings. The highest BCUT2D eigenvalue weighted by Gasteiger charge is 2.36. The van der Waals surface area contributed by atoms with Gasteiger partial charge in [0.15, 0.2) is 0 Å². The van der Waals surface area contributed by atoms with Crippen LogP contribution in [0.4, 0.5) is 4.79 Å². The number of carbonyl (C=O) groups excluding carboxylic acids is 3. The lowest BCUT2D eigenvalue weighted by Gasteiger charge is -2.13. The summed E-state index contributed by atoms with van der Waals surface area (Å²) < 4.78 is 11.7. The minimum Gasteiger partial charge on any atom is -0.488 e. The Labute approximate surface area is 203 Å². The van der Waals surface area contributed by atoms with E-state index in [0.717, 1.165) is 31.4 Å². The average molecular weight is 562 g/mol. The lowest BCUT2D eigenvalue weighted by Crippen LogP contribution is -2.35. The van der Waals surface area contributed by atoms with Crippen LogP contribution in [0.3, 0.4) is 0 Å². The number of amides is 2. The van der Waals surface area contributed by atoms with Crippen molar-refractivity contribution in [3.8, 4) is 11.8 Å². The molecule has 0 aliphatic carbocycles. The molecule has 0 unspecified atom stereocenters. The lowest BCUT2D eigenvalue weighted by molar-refractivity contribution is -0.149. The Morgan fingerprint density at radius 3 is 2.69 bits per heavy atom. The molecule has 1 heterocycles. The van der Waals surface area contributed by atoms with Crippen LogP contribution in [0.15, 0.2) is 47.4 Å². The van der Waals surface area contributed by atoms with Gasteiger partial charge in [-0.15, -0.1) is 0 Å². The maximum atomic E-state index is 12.6. The Kier molecular flexibility index (Phi) is 7.93. The fourth-order valence-corrected chi connectivity index (χ4v) is 4.38. The predicted octanol–water partition coefficient (Wildman–Crippen LogP) is 4.73. The number of hydrogen-bond donors (Lipinski definition) is 0. The molecule has 1 saturated heterocycles. The lowest BCUT2D eigenvalue weighted by atomic mass is 10.1. The molecule has 0 saturated carbocycles. The number of benzene rings is 2. The third-order valence-electron chi connectivity index (χ3n) is 4.30. The Morgan fingerprint density at radius 1 is 1.25 bits per heavy atom. The van der Waals surface area contributed by atoms with Gasteiger partial charge in [-0.05, 0) is 78.0 Å². The van der Waals surface area contributed by atoms with Crippen molar-refractivity contribution in [2.75, 3.05) is 6.54 Å². The molecule has 0 N–H and O–H groups in total. The van der Waals surface area contributed by atoms with Crippen LogP contribution in [0.25, 0.3) is 6.08 Å². The number of nitriles is 1. The van der Waals surface area contributed by atoms with Gasteiger partial charge in [0, 0.05) is 5.56 Å². The van der Waals surface area contributed by atoms with E-state index in [1.807, 2.05) is 18.2 Å². The van der Waals surface area contributed by atoms with Crippen LogP contribution in [0.5, 0.6) is 5.75 Å². The second-order valence-corrected chi connectivity index (χ2v) is 9.21. The van der Waals surface area contributed by atoms with E-state index in [1.165, 1.54) is 0 Å². The standard InChI is InChI=1S/C23H19IN2O5S/c1-14(2)31-21(27)12-26-22(28)20(32-23(26)29)10-15-7-8-19(18(24)9-15)30-13-17-6-4-3-5-16(17)11-25/h3-10,14H,12-13H2,1-2H3/b20-10+. The molecule has 2 amide bonds. The van der Waals surface area contributed by atoms with Crippen LogP contribution in [-0.4, -0.2) is 34.7 Å². The van der Waals surface area contributed by atoms with Crippen LogP contribution < -0.4 is 4.74 Å². The van der Waals surface area contributed by atoms with Crippen molar-refractivity contribution >= 4 is 57.5 Å². The van der Waals surface area contributed by atoms with Crippen LogP contribution in [-0.2, 0) is 20.9 Å². The van der Waals surface area contributed by atoms with E-state index in [2.05, 4.69) is 28.7 Å². The summed E-state index contributed by atoms with van der Waals surface area (Å²) in [4.78, 5) is 37.7. The van der Waals surface area contributed by atoms with Gasteiger partial charge in [-0.3, -0.25) is 19.3 Å². The molecule has 1 aliphatic heterocycles. The van der Waals surface area contributed by atoms with Gasteiger partial charge < -0.3 is 9.47 Å². The van der Waals surface area contributed by atoms with Crippen LogP contribution in [0.2, 0.25) is 0 Å². The van der Waals surface area contributed by atoms with E-state index in [1.54, 1.807) is 44.2 Å². The van der Waals surface area contributed by atoms with Crippen molar-refractivity contribution in [2.45, 2.75) is 26.6 Å². The quantitative estimate of drug-likeness (QED) is 0.274. The first-order valence-corrected chi connectivity index (χ1v) is 11.5. The molecule has 0 atom stereocenters. The molecule has 0 bridgehead atoms. The van der Waals surface area contributed by atoms with E-state index in [4.69, 9.17) is 9.47 Å². The molecular weight excluding hydrogens is 543 g/mol. The topological polar surface area (TPSA) is 96.7 Å². The van der Waals surface area contributed by atoms with E-state index < -0.39 is 23.7 Å². The molecule has 32 heavy (non-hydrogen) atoms. The van der Waals surface area contributed by atoms with E-state index >= 15 is 0 Å². The number of ether oxygens (including phenoxy) is 2. The Balaban J connectivity index is 1.69. The normalized spacial score (nSPS) is 14.7. The zero-order chi connectivity index (χ0) is 23.3. The molecule has 7 nitrogen and oxygen atoms in total. The summed E-state index contributed by atoms with van der Waals surface area (Å²) in [6.07, 6.45) is 1.28. The summed E-state index contributed by atoms with van der Waals surface area (Å²) in [6.45, 7) is 3.24. The fraction of sp³-hybridized carbons (Fsp3) is 0.217. The molecule has 3 rings (SSSR count). The highest BCUT2D eigenvalue weighted by molar-refractivity contribution is 14.1. The predicted molar refractivity (Wildman–Crippen MR) is 129 cm³/mol. The zero-order valence-electron chi connectivity index (χ0n) is 17.3. The number of carbonyl (C=O) groups is 3. The molecule has 9 heteroatoms. The molecule has 0 spiro atoms. The van der Waals surface area contributed by atoms with Crippen molar-refractivity contribution in [1.29, 1.82) is 5.26 Å². The van der Waals surface area contributed by atoms with Gasteiger partial charge in [0.25, 0.3) is 11.1 Å². The minimum absolute atomic E-state index is 0.236.